The third kappa shape index (κ3) is 4.92. The first-order valence-electron chi connectivity index (χ1n) is 9.64. The van der Waals surface area contributed by atoms with E-state index in [2.05, 4.69) is 25.3 Å². The summed E-state index contributed by atoms with van der Waals surface area (Å²) in [6, 6.07) is 13.1. The zero-order valence-corrected chi connectivity index (χ0v) is 17.0. The second kappa shape index (κ2) is 8.74. The van der Waals surface area contributed by atoms with E-state index in [1.165, 1.54) is 12.1 Å². The van der Waals surface area contributed by atoms with Crippen LogP contribution in [0, 0.1) is 19.7 Å². The highest BCUT2D eigenvalue weighted by Crippen LogP contribution is 2.20. The van der Waals surface area contributed by atoms with Crippen molar-refractivity contribution in [3.8, 4) is 23.0 Å². The fourth-order valence-electron chi connectivity index (χ4n) is 2.81. The van der Waals surface area contributed by atoms with Crippen LogP contribution in [0.25, 0.3) is 11.4 Å². The van der Waals surface area contributed by atoms with Crippen LogP contribution in [-0.2, 0) is 6.54 Å². The van der Waals surface area contributed by atoms with Crippen LogP contribution in [0.15, 0.2) is 65.7 Å². The summed E-state index contributed by atoms with van der Waals surface area (Å²) < 4.78 is 18.5. The molecule has 0 aliphatic carbocycles. The second-order valence-corrected chi connectivity index (χ2v) is 6.97. The van der Waals surface area contributed by atoms with Crippen LogP contribution in [-0.4, -0.2) is 19.9 Å². The molecular weight excluding hydrogens is 397 g/mol. The van der Waals surface area contributed by atoms with Crippen molar-refractivity contribution in [2.75, 3.05) is 5.32 Å². The minimum Gasteiger partial charge on any atom is -0.439 e. The number of benzene rings is 1. The van der Waals surface area contributed by atoms with Crippen LogP contribution in [0.1, 0.15) is 16.8 Å². The predicted molar refractivity (Wildman–Crippen MR) is 116 cm³/mol. The quantitative estimate of drug-likeness (QED) is 0.483. The minimum absolute atomic E-state index is 0.149. The highest BCUT2D eigenvalue weighted by molar-refractivity contribution is 5.56. The highest BCUT2D eigenvalue weighted by Gasteiger charge is 2.07. The maximum atomic E-state index is 13.0. The van der Waals surface area contributed by atoms with E-state index in [-0.39, 0.29) is 11.4 Å². The van der Waals surface area contributed by atoms with Gasteiger partial charge in [0.25, 0.3) is 5.56 Å². The lowest BCUT2D eigenvalue weighted by Crippen LogP contribution is -2.14. The lowest BCUT2D eigenvalue weighted by Gasteiger charge is -2.08. The van der Waals surface area contributed by atoms with Crippen LogP contribution in [0.3, 0.4) is 0 Å². The fraction of sp³-hybridized carbons (Fsp3) is 0.130. The molecule has 2 N–H and O–H groups in total. The van der Waals surface area contributed by atoms with Crippen molar-refractivity contribution in [1.82, 2.24) is 19.9 Å². The molecule has 156 valence electrons. The molecule has 0 fully saturated rings. The van der Waals surface area contributed by atoms with Crippen LogP contribution >= 0.6 is 0 Å². The molecule has 4 aromatic rings. The summed E-state index contributed by atoms with van der Waals surface area (Å²) in [6.45, 7) is 4.07. The lowest BCUT2D eigenvalue weighted by molar-refractivity contribution is 0.461. The Morgan fingerprint density at radius 1 is 1.00 bits per heavy atom. The van der Waals surface area contributed by atoms with Crippen LogP contribution in [0.4, 0.5) is 10.2 Å². The van der Waals surface area contributed by atoms with Crippen molar-refractivity contribution in [2.45, 2.75) is 20.4 Å². The molecule has 8 heteroatoms. The number of aromatic nitrogens is 4. The monoisotopic (exact) mass is 417 g/mol. The Morgan fingerprint density at radius 2 is 1.81 bits per heavy atom. The summed E-state index contributed by atoms with van der Waals surface area (Å²) >= 11 is 0. The number of nitrogens with one attached hydrogen (secondary N) is 2. The summed E-state index contributed by atoms with van der Waals surface area (Å²) in [7, 11) is 0. The van der Waals surface area contributed by atoms with E-state index in [1.807, 2.05) is 18.2 Å². The lowest BCUT2D eigenvalue weighted by atomic mass is 10.2. The van der Waals surface area contributed by atoms with Crippen molar-refractivity contribution >= 4 is 5.82 Å². The number of hydrogen-bond donors (Lipinski definition) is 2. The zero-order chi connectivity index (χ0) is 21.8. The van der Waals surface area contributed by atoms with Gasteiger partial charge in [-0.05, 0) is 55.8 Å². The number of H-pyrrole nitrogens is 1. The van der Waals surface area contributed by atoms with Gasteiger partial charge in [0.15, 0.2) is 0 Å². The first kappa shape index (κ1) is 20.2. The highest BCUT2D eigenvalue weighted by atomic mass is 19.1. The Kier molecular flexibility index (Phi) is 5.70. The molecule has 0 aliphatic heterocycles. The summed E-state index contributed by atoms with van der Waals surface area (Å²) in [5, 5.41) is 3.22. The third-order valence-corrected chi connectivity index (χ3v) is 4.74. The Hall–Kier alpha value is -4.07. The number of halogens is 1. The van der Waals surface area contributed by atoms with Gasteiger partial charge in [-0.1, -0.05) is 6.07 Å². The van der Waals surface area contributed by atoms with Crippen molar-refractivity contribution in [2.24, 2.45) is 0 Å². The molecule has 0 saturated heterocycles. The average Bonchev–Trinajstić information content (AvgIpc) is 2.78. The van der Waals surface area contributed by atoms with Gasteiger partial charge in [0.05, 0.1) is 0 Å². The normalized spacial score (nSPS) is 10.7. The van der Waals surface area contributed by atoms with E-state index < -0.39 is 0 Å². The number of anilines is 1. The van der Waals surface area contributed by atoms with Gasteiger partial charge in [-0.25, -0.2) is 19.3 Å². The van der Waals surface area contributed by atoms with Crippen molar-refractivity contribution in [3.63, 3.8) is 0 Å². The molecule has 0 unspecified atom stereocenters. The van der Waals surface area contributed by atoms with Crippen LogP contribution in [0.5, 0.6) is 11.6 Å². The topological polar surface area (TPSA) is 92.8 Å². The van der Waals surface area contributed by atoms with E-state index >= 15 is 0 Å². The first-order valence-corrected chi connectivity index (χ1v) is 9.64. The Bertz CT molecular complexity index is 1240. The number of hydrogen-bond acceptors (Lipinski definition) is 6. The Balaban J connectivity index is 1.37. The van der Waals surface area contributed by atoms with E-state index in [4.69, 9.17) is 4.74 Å². The molecule has 7 nitrogen and oxygen atoms in total. The molecule has 0 spiro atoms. The SMILES string of the molecule is Cc1nc(-c2ccc(NCc3ccc(Oc4ccc(F)cc4)nc3)nc2)[nH]c(=O)c1C. The maximum Gasteiger partial charge on any atom is 0.254 e. The number of rotatable bonds is 6. The summed E-state index contributed by atoms with van der Waals surface area (Å²) in [6.07, 6.45) is 3.36. The van der Waals surface area contributed by atoms with Gasteiger partial charge >= 0.3 is 0 Å². The van der Waals surface area contributed by atoms with E-state index in [0.29, 0.717) is 41.1 Å². The average molecular weight is 417 g/mol. The van der Waals surface area contributed by atoms with Crippen molar-refractivity contribution in [1.29, 1.82) is 0 Å². The molecule has 0 atom stereocenters. The Labute approximate surface area is 178 Å². The van der Waals surface area contributed by atoms with Crippen LogP contribution < -0.4 is 15.6 Å². The maximum absolute atomic E-state index is 13.0. The molecule has 3 heterocycles. The molecule has 31 heavy (non-hydrogen) atoms. The van der Waals surface area contributed by atoms with E-state index in [1.54, 1.807) is 44.4 Å². The first-order chi connectivity index (χ1) is 15.0. The van der Waals surface area contributed by atoms with Gasteiger partial charge in [0, 0.05) is 41.8 Å². The van der Waals surface area contributed by atoms with Gasteiger partial charge in [-0.15, -0.1) is 0 Å². The summed E-state index contributed by atoms with van der Waals surface area (Å²) in [4.78, 5) is 27.8. The van der Waals surface area contributed by atoms with Crippen molar-refractivity contribution in [3.05, 3.63) is 93.9 Å². The summed E-state index contributed by atoms with van der Waals surface area (Å²) in [5.41, 5.74) is 2.83. The van der Waals surface area contributed by atoms with Gasteiger partial charge in [-0.2, -0.15) is 0 Å². The number of ether oxygens (including phenoxy) is 1. The summed E-state index contributed by atoms with van der Waals surface area (Å²) in [5.74, 6) is 1.80. The molecule has 1 aromatic carbocycles. The molecular formula is C23H20FN5O2. The van der Waals surface area contributed by atoms with E-state index in [0.717, 1.165) is 11.1 Å². The standard InChI is InChI=1S/C23H20FN5O2/c1-14-15(2)28-22(29-23(14)30)17-4-9-20(26-13-17)25-11-16-3-10-21(27-12-16)31-19-7-5-18(24)6-8-19/h3-10,12-13H,11H2,1-2H3,(H,25,26)(H,28,29,30). The largest absolute Gasteiger partial charge is 0.439 e. The zero-order valence-electron chi connectivity index (χ0n) is 17.0. The van der Waals surface area contributed by atoms with Gasteiger partial charge in [-0.3, -0.25) is 4.79 Å². The minimum atomic E-state index is -0.318. The van der Waals surface area contributed by atoms with E-state index in [9.17, 15) is 9.18 Å². The molecule has 0 bridgehead atoms. The van der Waals surface area contributed by atoms with Gasteiger partial charge in [0.1, 0.15) is 23.2 Å². The molecule has 0 radical (unpaired) electrons. The molecule has 0 aliphatic rings. The third-order valence-electron chi connectivity index (χ3n) is 4.74. The van der Waals surface area contributed by atoms with Crippen LogP contribution in [0.2, 0.25) is 0 Å². The molecule has 0 saturated carbocycles. The molecule has 4 rings (SSSR count). The Morgan fingerprint density at radius 3 is 2.45 bits per heavy atom. The smallest absolute Gasteiger partial charge is 0.254 e. The van der Waals surface area contributed by atoms with Gasteiger partial charge in [0.2, 0.25) is 5.88 Å². The number of aryl methyl sites for hydroxylation is 1. The second-order valence-electron chi connectivity index (χ2n) is 6.97. The predicted octanol–water partition coefficient (Wildman–Crippen LogP) is 4.39. The molecule has 0 amide bonds. The van der Waals surface area contributed by atoms with Crippen molar-refractivity contribution < 1.29 is 9.13 Å². The molecule has 3 aromatic heterocycles. The number of aromatic amines is 1. The van der Waals surface area contributed by atoms with Gasteiger partial charge < -0.3 is 15.0 Å². The fourth-order valence-corrected chi connectivity index (χ4v) is 2.81. The number of pyridine rings is 2. The number of nitrogens with zero attached hydrogens (tertiary/aromatic N) is 3.